The van der Waals surface area contributed by atoms with E-state index in [-0.39, 0.29) is 43.3 Å². The van der Waals surface area contributed by atoms with E-state index in [4.69, 9.17) is 0 Å². The van der Waals surface area contributed by atoms with Crippen molar-refractivity contribution in [3.63, 3.8) is 0 Å². The van der Waals surface area contributed by atoms with Gasteiger partial charge in [0.2, 0.25) is 0 Å². The van der Waals surface area contributed by atoms with Crippen LogP contribution in [-0.4, -0.2) is 16.1 Å². The van der Waals surface area contributed by atoms with Gasteiger partial charge in [-0.2, -0.15) is 16.4 Å². The molecule has 0 amide bonds. The van der Waals surface area contributed by atoms with Gasteiger partial charge in [0.05, 0.1) is 8.07 Å². The first-order valence-electron chi connectivity index (χ1n) is 6.33. The molecule has 0 nitrogen and oxygen atoms in total. The summed E-state index contributed by atoms with van der Waals surface area (Å²) in [7, 11) is -2.66. The van der Waals surface area contributed by atoms with Gasteiger partial charge in [-0.15, -0.1) is 13.2 Å². The third-order valence-electron chi connectivity index (χ3n) is 3.58. The number of hydrogen-bond donors (Lipinski definition) is 0. The first kappa shape index (κ1) is 29.0. The zero-order valence-electron chi connectivity index (χ0n) is 15.0. The summed E-state index contributed by atoms with van der Waals surface area (Å²) in [5, 5.41) is 3.30. The van der Waals surface area contributed by atoms with Crippen molar-refractivity contribution < 1.29 is 21.1 Å². The van der Waals surface area contributed by atoms with Crippen LogP contribution < -0.4 is 10.4 Å². The van der Waals surface area contributed by atoms with Gasteiger partial charge < -0.3 is 22.3 Å². The van der Waals surface area contributed by atoms with E-state index in [1.807, 2.05) is 0 Å². The van der Waals surface area contributed by atoms with E-state index in [0.717, 1.165) is 0 Å². The van der Waals surface area contributed by atoms with Crippen molar-refractivity contribution in [2.24, 2.45) is 0 Å². The van der Waals surface area contributed by atoms with Gasteiger partial charge >= 0.3 is 21.1 Å². The predicted molar refractivity (Wildman–Crippen MR) is 106 cm³/mol. The Morgan fingerprint density at radius 2 is 1.48 bits per heavy atom. The van der Waals surface area contributed by atoms with E-state index < -0.39 is 16.1 Å². The molecule has 0 aliphatic rings. The van der Waals surface area contributed by atoms with E-state index in [1.165, 1.54) is 12.1 Å². The second kappa shape index (κ2) is 11.5. The van der Waals surface area contributed by atoms with E-state index in [9.17, 15) is 0 Å². The van der Waals surface area contributed by atoms with Gasteiger partial charge in [-0.3, -0.25) is 0 Å². The largest absolute Gasteiger partial charge is 4.00 e. The quantitative estimate of drug-likeness (QED) is 0.294. The Kier molecular flexibility index (Phi) is 15.9. The standard InChI is InChI=1S/C15H25Si2.3CH3.Pt/c1-7-12-16(3,4)14-10-9-11-15(14)17(5,6)13-8-2;;;;/h7-11H,1-2,12-13H2,3-6H3;3*1H3;/q4*-1;+4. The molecule has 1 aromatic rings. The molecule has 0 spiro atoms. The Bertz CT molecular complexity index is 367. The van der Waals surface area contributed by atoms with Gasteiger partial charge in [-0.05, 0) is 12.1 Å². The topological polar surface area (TPSA) is 0 Å². The molecule has 3 heteroatoms. The first-order valence-corrected chi connectivity index (χ1v) is 12.7. The Morgan fingerprint density at radius 3 is 1.90 bits per heavy atom. The van der Waals surface area contributed by atoms with E-state index in [2.05, 4.69) is 69.7 Å². The van der Waals surface area contributed by atoms with Gasteiger partial charge in [0.15, 0.2) is 0 Å². The summed E-state index contributed by atoms with van der Waals surface area (Å²) < 4.78 is 0. The molecular weight excluding hydrogens is 467 g/mol. The fraction of sp³-hybridized carbons (Fsp3) is 0.333. The molecule has 0 N–H and O–H groups in total. The fourth-order valence-corrected chi connectivity index (χ4v) is 9.18. The summed E-state index contributed by atoms with van der Waals surface area (Å²) in [5.74, 6) is 0. The Morgan fingerprint density at radius 1 is 1.00 bits per heavy atom. The maximum absolute atomic E-state index is 3.91. The van der Waals surface area contributed by atoms with E-state index >= 15 is 0 Å². The van der Waals surface area contributed by atoms with Crippen LogP contribution in [0.4, 0.5) is 0 Å². The average Bonchev–Trinajstić information content (AvgIpc) is 2.66. The molecule has 0 bridgehead atoms. The van der Waals surface area contributed by atoms with Gasteiger partial charge in [0, 0.05) is 8.07 Å². The van der Waals surface area contributed by atoms with E-state index in [1.54, 1.807) is 10.4 Å². The van der Waals surface area contributed by atoms with E-state index in [0.29, 0.717) is 0 Å². The molecule has 0 fully saturated rings. The third-order valence-corrected chi connectivity index (χ3v) is 10.2. The maximum atomic E-state index is 3.91. The number of hydrogen-bond acceptors (Lipinski definition) is 0. The first-order chi connectivity index (χ1) is 7.85. The smallest absolute Gasteiger partial charge is 0.358 e. The average molecular weight is 502 g/mol. The molecule has 0 saturated heterocycles. The maximum Gasteiger partial charge on any atom is 4.00 e. The molecule has 124 valence electrons. The van der Waals surface area contributed by atoms with Crippen molar-refractivity contribution in [2.75, 3.05) is 0 Å². The summed E-state index contributed by atoms with van der Waals surface area (Å²) in [4.78, 5) is 0. The molecule has 0 unspecified atom stereocenters. The number of rotatable bonds is 6. The van der Waals surface area contributed by atoms with Crippen molar-refractivity contribution in [1.29, 1.82) is 0 Å². The summed E-state index contributed by atoms with van der Waals surface area (Å²) in [6.45, 7) is 17.6. The monoisotopic (exact) mass is 501 g/mol. The molecule has 21 heavy (non-hydrogen) atoms. The minimum Gasteiger partial charge on any atom is -0.358 e. The molecule has 0 aliphatic heterocycles. The van der Waals surface area contributed by atoms with Crippen molar-refractivity contribution in [3.8, 4) is 0 Å². The second-order valence-corrected chi connectivity index (χ2v) is 15.5. The molecule has 0 aliphatic carbocycles. The van der Waals surface area contributed by atoms with Crippen LogP contribution in [0.25, 0.3) is 0 Å². The van der Waals surface area contributed by atoms with Crippen molar-refractivity contribution in [1.82, 2.24) is 0 Å². The van der Waals surface area contributed by atoms with Gasteiger partial charge in [0.25, 0.3) is 0 Å². The summed E-state index contributed by atoms with van der Waals surface area (Å²) in [5.41, 5.74) is 0. The molecule has 1 rings (SSSR count). The van der Waals surface area contributed by atoms with Crippen LogP contribution in [0.1, 0.15) is 0 Å². The molecule has 0 atom stereocenters. The molecule has 0 aromatic heterocycles. The predicted octanol–water partition coefficient (Wildman–Crippen LogP) is 4.96. The van der Waals surface area contributed by atoms with Crippen LogP contribution in [0, 0.1) is 22.3 Å². The van der Waals surface area contributed by atoms with Crippen LogP contribution in [0.2, 0.25) is 38.3 Å². The Balaban J connectivity index is -0.000000361. The summed E-state index contributed by atoms with van der Waals surface area (Å²) in [6, 6.07) is 9.28. The van der Waals surface area contributed by atoms with Crippen LogP contribution in [-0.2, 0) is 21.1 Å². The normalized spacial score (nSPS) is 10.1. The fourth-order valence-electron chi connectivity index (χ4n) is 2.54. The minimum absolute atomic E-state index is 0. The molecule has 0 saturated carbocycles. The van der Waals surface area contributed by atoms with Crippen LogP contribution >= 0.6 is 0 Å². The van der Waals surface area contributed by atoms with Crippen LogP contribution in [0.15, 0.2) is 43.5 Å². The Hall–Kier alpha value is -0.0479. The van der Waals surface area contributed by atoms with Gasteiger partial charge in [-0.1, -0.05) is 38.3 Å². The van der Waals surface area contributed by atoms with Gasteiger partial charge in [0.1, 0.15) is 0 Å². The zero-order chi connectivity index (χ0) is 13.1. The Labute approximate surface area is 151 Å². The zero-order valence-corrected chi connectivity index (χ0v) is 19.3. The SMILES string of the molecule is C=CC[Si](C)(C)c1ccc[c-]1[Si](C)(C)CC=C.[CH3-].[CH3-].[CH3-].[Pt+4]. The van der Waals surface area contributed by atoms with Crippen molar-refractivity contribution in [3.05, 3.63) is 65.8 Å². The summed E-state index contributed by atoms with van der Waals surface area (Å²) >= 11 is 0. The minimum atomic E-state index is -1.33. The van der Waals surface area contributed by atoms with Crippen molar-refractivity contribution in [2.45, 2.75) is 38.3 Å². The van der Waals surface area contributed by atoms with Crippen LogP contribution in [0.5, 0.6) is 0 Å². The summed E-state index contributed by atoms with van der Waals surface area (Å²) in [6.07, 6.45) is 4.18. The number of allylic oxidation sites excluding steroid dienone is 2. The van der Waals surface area contributed by atoms with Crippen LogP contribution in [0.3, 0.4) is 0 Å². The molecule has 0 radical (unpaired) electrons. The van der Waals surface area contributed by atoms with Crippen molar-refractivity contribution >= 4 is 26.5 Å². The molecule has 0 heterocycles. The second-order valence-electron chi connectivity index (χ2n) is 6.11. The molecular formula is C18H34PtSi2. The third kappa shape index (κ3) is 7.17. The van der Waals surface area contributed by atoms with Gasteiger partial charge in [-0.25, -0.2) is 12.1 Å². The molecule has 1 aromatic carbocycles.